The zero-order valence-corrected chi connectivity index (χ0v) is 13.8. The third-order valence-electron chi connectivity index (χ3n) is 4.55. The molecule has 4 heteroatoms. The molecule has 20 heavy (non-hydrogen) atoms. The van der Waals surface area contributed by atoms with Gasteiger partial charge in [-0.1, -0.05) is 13.3 Å². The second kappa shape index (κ2) is 8.98. The lowest BCUT2D eigenvalue weighted by Crippen LogP contribution is -2.51. The number of ether oxygens (including phenoxy) is 1. The standard InChI is InChI=1S/C16H34N2O2/c1-5-17-16(13-19)9-6-7-15(16)8-10-18(4)11-12-20-14(2)3/h14-15,17,19H,5-13H2,1-4H3. The van der Waals surface area contributed by atoms with Crippen molar-refractivity contribution in [2.75, 3.05) is 39.9 Å². The van der Waals surface area contributed by atoms with Crippen molar-refractivity contribution in [3.8, 4) is 0 Å². The van der Waals surface area contributed by atoms with Gasteiger partial charge in [-0.05, 0) is 59.2 Å². The molecular weight excluding hydrogens is 252 g/mol. The van der Waals surface area contributed by atoms with Crippen molar-refractivity contribution in [1.82, 2.24) is 10.2 Å². The van der Waals surface area contributed by atoms with E-state index in [4.69, 9.17) is 4.74 Å². The summed E-state index contributed by atoms with van der Waals surface area (Å²) >= 11 is 0. The quantitative estimate of drug-likeness (QED) is 0.643. The highest BCUT2D eigenvalue weighted by molar-refractivity contribution is 4.98. The molecular formula is C16H34N2O2. The van der Waals surface area contributed by atoms with Crippen LogP contribution in [0.1, 0.15) is 46.5 Å². The third kappa shape index (κ3) is 5.32. The monoisotopic (exact) mass is 286 g/mol. The predicted molar refractivity (Wildman–Crippen MR) is 84.0 cm³/mol. The summed E-state index contributed by atoms with van der Waals surface area (Å²) in [6.07, 6.45) is 5.06. The molecule has 0 radical (unpaired) electrons. The average molecular weight is 286 g/mol. The first-order chi connectivity index (χ1) is 9.54. The fourth-order valence-electron chi connectivity index (χ4n) is 3.35. The molecule has 0 bridgehead atoms. The highest BCUT2D eigenvalue weighted by atomic mass is 16.5. The van der Waals surface area contributed by atoms with Gasteiger partial charge in [0.1, 0.15) is 0 Å². The molecule has 1 rings (SSSR count). The van der Waals surface area contributed by atoms with Crippen molar-refractivity contribution < 1.29 is 9.84 Å². The Morgan fingerprint density at radius 3 is 2.75 bits per heavy atom. The maximum Gasteiger partial charge on any atom is 0.0616 e. The largest absolute Gasteiger partial charge is 0.394 e. The van der Waals surface area contributed by atoms with Gasteiger partial charge in [-0.25, -0.2) is 0 Å². The topological polar surface area (TPSA) is 44.7 Å². The van der Waals surface area contributed by atoms with E-state index in [0.717, 1.165) is 39.1 Å². The van der Waals surface area contributed by atoms with Crippen molar-refractivity contribution in [2.24, 2.45) is 5.92 Å². The first-order valence-electron chi connectivity index (χ1n) is 8.20. The molecule has 0 aromatic rings. The molecule has 0 aliphatic heterocycles. The lowest BCUT2D eigenvalue weighted by molar-refractivity contribution is 0.0605. The number of nitrogens with one attached hydrogen (secondary N) is 1. The molecule has 1 saturated carbocycles. The molecule has 2 N–H and O–H groups in total. The zero-order valence-electron chi connectivity index (χ0n) is 13.8. The van der Waals surface area contributed by atoms with Gasteiger partial charge in [-0.3, -0.25) is 0 Å². The molecule has 0 amide bonds. The molecule has 0 aromatic carbocycles. The summed E-state index contributed by atoms with van der Waals surface area (Å²) in [5.74, 6) is 0.598. The molecule has 0 spiro atoms. The molecule has 2 unspecified atom stereocenters. The minimum absolute atomic E-state index is 0.0238. The molecule has 1 aliphatic carbocycles. The van der Waals surface area contributed by atoms with Crippen LogP contribution in [0.2, 0.25) is 0 Å². The van der Waals surface area contributed by atoms with E-state index in [1.165, 1.54) is 12.8 Å². The Hall–Kier alpha value is -0.160. The van der Waals surface area contributed by atoms with E-state index in [9.17, 15) is 5.11 Å². The van der Waals surface area contributed by atoms with Crippen molar-refractivity contribution in [3.63, 3.8) is 0 Å². The summed E-state index contributed by atoms with van der Waals surface area (Å²) < 4.78 is 5.59. The van der Waals surface area contributed by atoms with Gasteiger partial charge in [-0.15, -0.1) is 0 Å². The Balaban J connectivity index is 2.32. The fourth-order valence-corrected chi connectivity index (χ4v) is 3.35. The fraction of sp³-hybridized carbons (Fsp3) is 1.00. The number of hydrogen-bond acceptors (Lipinski definition) is 4. The average Bonchev–Trinajstić information content (AvgIpc) is 2.80. The van der Waals surface area contributed by atoms with Crippen LogP contribution < -0.4 is 5.32 Å². The van der Waals surface area contributed by atoms with Gasteiger partial charge in [-0.2, -0.15) is 0 Å². The van der Waals surface area contributed by atoms with Gasteiger partial charge in [0, 0.05) is 12.1 Å². The summed E-state index contributed by atoms with van der Waals surface area (Å²) in [4.78, 5) is 2.34. The Labute approximate surface area is 124 Å². The van der Waals surface area contributed by atoms with Crippen molar-refractivity contribution >= 4 is 0 Å². The first kappa shape index (κ1) is 17.9. The van der Waals surface area contributed by atoms with Gasteiger partial charge in [0.25, 0.3) is 0 Å². The zero-order chi connectivity index (χ0) is 15.0. The van der Waals surface area contributed by atoms with Crippen LogP contribution in [0.25, 0.3) is 0 Å². The van der Waals surface area contributed by atoms with Crippen LogP contribution in [-0.2, 0) is 4.74 Å². The Bertz CT molecular complexity index is 261. The first-order valence-corrected chi connectivity index (χ1v) is 8.20. The normalized spacial score (nSPS) is 26.9. The maximum atomic E-state index is 9.79. The molecule has 1 aliphatic rings. The van der Waals surface area contributed by atoms with Crippen LogP contribution in [0.4, 0.5) is 0 Å². The van der Waals surface area contributed by atoms with Crippen LogP contribution in [-0.4, -0.2) is 61.5 Å². The second-order valence-electron chi connectivity index (χ2n) is 6.45. The Morgan fingerprint density at radius 1 is 1.40 bits per heavy atom. The van der Waals surface area contributed by atoms with Gasteiger partial charge >= 0.3 is 0 Å². The van der Waals surface area contributed by atoms with E-state index in [2.05, 4.69) is 38.0 Å². The van der Waals surface area contributed by atoms with Gasteiger partial charge in [0.2, 0.25) is 0 Å². The minimum atomic E-state index is -0.0238. The number of aliphatic hydroxyl groups is 1. The minimum Gasteiger partial charge on any atom is -0.394 e. The number of aliphatic hydroxyl groups excluding tert-OH is 1. The highest BCUT2D eigenvalue weighted by Gasteiger charge is 2.41. The summed E-state index contributed by atoms with van der Waals surface area (Å²) in [7, 11) is 2.16. The number of likely N-dealkylation sites (N-methyl/N-ethyl adjacent to an activating group) is 2. The van der Waals surface area contributed by atoms with Crippen LogP contribution in [0.15, 0.2) is 0 Å². The number of hydrogen-bond donors (Lipinski definition) is 2. The molecule has 0 saturated heterocycles. The van der Waals surface area contributed by atoms with E-state index in [1.54, 1.807) is 0 Å². The maximum absolute atomic E-state index is 9.79. The van der Waals surface area contributed by atoms with Gasteiger partial charge in [0.05, 0.1) is 19.3 Å². The predicted octanol–water partition coefficient (Wildman–Crippen LogP) is 1.87. The summed E-state index contributed by atoms with van der Waals surface area (Å²) in [5.41, 5.74) is -0.0238. The lowest BCUT2D eigenvalue weighted by atomic mass is 9.85. The number of rotatable bonds is 10. The Morgan fingerprint density at radius 2 is 2.15 bits per heavy atom. The van der Waals surface area contributed by atoms with Crippen molar-refractivity contribution in [3.05, 3.63) is 0 Å². The second-order valence-corrected chi connectivity index (χ2v) is 6.45. The van der Waals surface area contributed by atoms with Crippen LogP contribution in [0.3, 0.4) is 0 Å². The molecule has 0 aromatic heterocycles. The SMILES string of the molecule is CCNC1(CO)CCCC1CCN(C)CCOC(C)C. The summed E-state index contributed by atoms with van der Waals surface area (Å²) in [6.45, 7) is 10.4. The molecule has 2 atom stereocenters. The van der Waals surface area contributed by atoms with Crippen LogP contribution >= 0.6 is 0 Å². The Kier molecular flexibility index (Phi) is 8.03. The van der Waals surface area contributed by atoms with E-state index in [0.29, 0.717) is 12.0 Å². The highest BCUT2D eigenvalue weighted by Crippen LogP contribution is 2.37. The van der Waals surface area contributed by atoms with E-state index in [-0.39, 0.29) is 12.1 Å². The van der Waals surface area contributed by atoms with Gasteiger partial charge in [0.15, 0.2) is 0 Å². The summed E-state index contributed by atoms with van der Waals surface area (Å²) in [5, 5.41) is 13.3. The van der Waals surface area contributed by atoms with Gasteiger partial charge < -0.3 is 20.1 Å². The molecule has 1 fully saturated rings. The van der Waals surface area contributed by atoms with Crippen LogP contribution in [0.5, 0.6) is 0 Å². The molecule has 4 nitrogen and oxygen atoms in total. The number of nitrogens with zero attached hydrogens (tertiary/aromatic N) is 1. The lowest BCUT2D eigenvalue weighted by Gasteiger charge is -2.35. The van der Waals surface area contributed by atoms with E-state index < -0.39 is 0 Å². The summed E-state index contributed by atoms with van der Waals surface area (Å²) in [6, 6.07) is 0. The van der Waals surface area contributed by atoms with Crippen molar-refractivity contribution in [1.29, 1.82) is 0 Å². The van der Waals surface area contributed by atoms with Crippen LogP contribution in [0, 0.1) is 5.92 Å². The van der Waals surface area contributed by atoms with E-state index >= 15 is 0 Å². The van der Waals surface area contributed by atoms with E-state index in [1.807, 2.05) is 0 Å². The molecule has 0 heterocycles. The third-order valence-corrected chi connectivity index (χ3v) is 4.55. The van der Waals surface area contributed by atoms with Crippen molar-refractivity contribution in [2.45, 2.75) is 58.1 Å². The smallest absolute Gasteiger partial charge is 0.0616 e. The molecule has 120 valence electrons.